The van der Waals surface area contributed by atoms with Gasteiger partial charge in [-0.05, 0) is 38.1 Å². The Hall–Kier alpha value is -0.446. The van der Waals surface area contributed by atoms with E-state index in [1.807, 2.05) is 35.2 Å². The summed E-state index contributed by atoms with van der Waals surface area (Å²) in [7, 11) is 3.88. The Morgan fingerprint density at radius 3 is 2.44 bits per heavy atom. The maximum atomic E-state index is 11.7. The number of nitrogens with one attached hydrogen (secondary N) is 2. The minimum atomic E-state index is -0.126. The molecule has 18 heavy (non-hydrogen) atoms. The number of urea groups is 1. The van der Waals surface area contributed by atoms with E-state index in [9.17, 15) is 4.79 Å². The fourth-order valence-electron chi connectivity index (χ4n) is 1.95. The zero-order valence-electron chi connectivity index (χ0n) is 10.4. The predicted molar refractivity (Wildman–Crippen MR) is 68.5 cm³/mol. The molecule has 2 N–H and O–H groups in total. The van der Waals surface area contributed by atoms with E-state index in [-0.39, 0.29) is 44.8 Å². The number of piperidine rings is 1. The van der Waals surface area contributed by atoms with Crippen molar-refractivity contribution < 1.29 is 37.5 Å². The van der Waals surface area contributed by atoms with Crippen LogP contribution in [0.25, 0.3) is 0 Å². The molecule has 1 aromatic carbocycles. The summed E-state index contributed by atoms with van der Waals surface area (Å²) in [6.45, 7) is 1.88. The van der Waals surface area contributed by atoms with Crippen LogP contribution in [0.5, 0.6) is 0 Å². The minimum Gasteiger partial charge on any atom is -0.459 e. The summed E-state index contributed by atoms with van der Waals surface area (Å²) in [4.78, 5) is 13.7. The van der Waals surface area contributed by atoms with Gasteiger partial charge >= 0.3 is 6.03 Å². The van der Waals surface area contributed by atoms with Crippen LogP contribution in [0.1, 0.15) is 12.8 Å². The summed E-state index contributed by atoms with van der Waals surface area (Å²) in [6.07, 6.45) is 1.93. The van der Waals surface area contributed by atoms with Crippen molar-refractivity contribution in [3.05, 3.63) is 37.4 Å². The van der Waals surface area contributed by atoms with E-state index in [0.29, 0.717) is 0 Å². The quantitative estimate of drug-likeness (QED) is 0.819. The van der Waals surface area contributed by atoms with Crippen molar-refractivity contribution in [3.8, 4) is 0 Å². The largest absolute Gasteiger partial charge is 0.459 e. The fraction of sp³-hybridized carbons (Fsp3) is 0.385. The number of carbonyl (C=O) groups is 1. The number of likely N-dealkylation sites (tertiary alicyclic amines) is 1. The molecule has 1 aliphatic heterocycles. The van der Waals surface area contributed by atoms with Gasteiger partial charge in [-0.15, -0.1) is 0 Å². The molecule has 0 unspecified atom stereocenters. The van der Waals surface area contributed by atoms with Gasteiger partial charge in [0, 0.05) is 44.4 Å². The zero-order valence-corrected chi connectivity index (χ0v) is 13.3. The normalized spacial score (nSPS) is 16.7. The SMILES string of the molecule is [CH2-]N1CCC(NC(=O)Nc2ccccc2)CC1.[Y]. The van der Waals surface area contributed by atoms with Crippen LogP contribution >= 0.6 is 0 Å². The number of rotatable bonds is 2. The third kappa shape index (κ3) is 5.05. The number of hydrogen-bond acceptors (Lipinski definition) is 2. The van der Waals surface area contributed by atoms with Crippen molar-refractivity contribution in [1.82, 2.24) is 10.2 Å². The molecule has 0 atom stereocenters. The van der Waals surface area contributed by atoms with Gasteiger partial charge < -0.3 is 15.5 Å². The first-order chi connectivity index (χ1) is 8.24. The van der Waals surface area contributed by atoms with Gasteiger partial charge in [0.1, 0.15) is 0 Å². The molecule has 0 bridgehead atoms. The molecular formula is C13H18N3OY-. The van der Waals surface area contributed by atoms with E-state index in [0.717, 1.165) is 31.6 Å². The Morgan fingerprint density at radius 1 is 1.22 bits per heavy atom. The van der Waals surface area contributed by atoms with E-state index in [2.05, 4.69) is 17.7 Å². The third-order valence-corrected chi connectivity index (χ3v) is 2.95. The summed E-state index contributed by atoms with van der Waals surface area (Å²) in [5.41, 5.74) is 0.819. The first-order valence-corrected chi connectivity index (χ1v) is 5.92. The minimum absolute atomic E-state index is 0. The van der Waals surface area contributed by atoms with E-state index in [1.165, 1.54) is 0 Å². The number of para-hydroxylation sites is 1. The summed E-state index contributed by atoms with van der Waals surface area (Å²) >= 11 is 0. The van der Waals surface area contributed by atoms with Gasteiger partial charge in [-0.25, -0.2) is 4.79 Å². The third-order valence-electron chi connectivity index (χ3n) is 2.95. The van der Waals surface area contributed by atoms with Crippen LogP contribution in [-0.4, -0.2) is 30.1 Å². The molecule has 1 aliphatic rings. The van der Waals surface area contributed by atoms with Gasteiger partial charge in [0.2, 0.25) is 0 Å². The molecule has 1 fully saturated rings. The van der Waals surface area contributed by atoms with Crippen molar-refractivity contribution in [2.75, 3.05) is 18.4 Å². The standard InChI is InChI=1S/C13H18N3O.Y/c1-16-9-7-12(8-10-16)15-13(17)14-11-5-3-2-4-6-11;/h2-6,12H,1,7-10H2,(H2,14,15,17);/q-1;. The van der Waals surface area contributed by atoms with Crippen LogP contribution in [-0.2, 0) is 32.7 Å². The monoisotopic (exact) mass is 321 g/mol. The van der Waals surface area contributed by atoms with Gasteiger partial charge in [0.05, 0.1) is 0 Å². The van der Waals surface area contributed by atoms with Gasteiger partial charge in [-0.1, -0.05) is 18.2 Å². The second kappa shape index (κ2) is 7.87. The number of anilines is 1. The van der Waals surface area contributed by atoms with Crippen molar-refractivity contribution in [2.45, 2.75) is 18.9 Å². The predicted octanol–water partition coefficient (Wildman–Crippen LogP) is 2.06. The number of nitrogens with zero attached hydrogens (tertiary/aromatic N) is 1. The van der Waals surface area contributed by atoms with Crippen LogP contribution in [0.4, 0.5) is 10.5 Å². The maximum Gasteiger partial charge on any atom is 0.319 e. The van der Waals surface area contributed by atoms with Crippen LogP contribution in [0.2, 0.25) is 0 Å². The summed E-state index contributed by atoms with van der Waals surface area (Å²) in [5, 5.41) is 5.80. The van der Waals surface area contributed by atoms with Gasteiger partial charge in [0.25, 0.3) is 0 Å². The van der Waals surface area contributed by atoms with Crippen molar-refractivity contribution in [1.29, 1.82) is 0 Å². The Balaban J connectivity index is 0.00000162. The zero-order chi connectivity index (χ0) is 12.1. The molecule has 0 saturated carbocycles. The molecule has 0 aromatic heterocycles. The Morgan fingerprint density at radius 2 is 1.83 bits per heavy atom. The van der Waals surface area contributed by atoms with E-state index in [4.69, 9.17) is 0 Å². The van der Waals surface area contributed by atoms with Crippen LogP contribution in [0.15, 0.2) is 30.3 Å². The molecule has 1 radical (unpaired) electrons. The molecule has 5 heteroatoms. The molecule has 1 saturated heterocycles. The molecule has 0 aliphatic carbocycles. The van der Waals surface area contributed by atoms with Crippen molar-refractivity contribution in [2.24, 2.45) is 0 Å². The van der Waals surface area contributed by atoms with Crippen LogP contribution < -0.4 is 10.6 Å². The molecule has 0 spiro atoms. The average molecular weight is 321 g/mol. The summed E-state index contributed by atoms with van der Waals surface area (Å²) in [5.74, 6) is 0. The summed E-state index contributed by atoms with van der Waals surface area (Å²) < 4.78 is 0. The molecule has 1 heterocycles. The number of carbonyl (C=O) groups excluding carboxylic acids is 1. The first-order valence-electron chi connectivity index (χ1n) is 5.92. The van der Waals surface area contributed by atoms with E-state index in [1.54, 1.807) is 0 Å². The second-order valence-electron chi connectivity index (χ2n) is 4.36. The molecule has 1 aromatic rings. The van der Waals surface area contributed by atoms with E-state index >= 15 is 0 Å². The number of benzene rings is 1. The first kappa shape index (κ1) is 15.6. The van der Waals surface area contributed by atoms with Gasteiger partial charge in [-0.2, -0.15) is 0 Å². The maximum absolute atomic E-state index is 11.7. The van der Waals surface area contributed by atoms with Crippen LogP contribution in [0, 0.1) is 7.05 Å². The van der Waals surface area contributed by atoms with Crippen molar-refractivity contribution >= 4 is 11.7 Å². The second-order valence-corrected chi connectivity index (χ2v) is 4.36. The van der Waals surface area contributed by atoms with Crippen LogP contribution in [0.3, 0.4) is 0 Å². The fourth-order valence-corrected chi connectivity index (χ4v) is 1.95. The van der Waals surface area contributed by atoms with E-state index < -0.39 is 0 Å². The Labute approximate surface area is 133 Å². The topological polar surface area (TPSA) is 44.4 Å². The van der Waals surface area contributed by atoms with Gasteiger partial charge in [-0.3, -0.25) is 7.05 Å². The Kier molecular flexibility index (Phi) is 6.83. The summed E-state index contributed by atoms with van der Waals surface area (Å²) in [6, 6.07) is 9.60. The molecule has 4 nitrogen and oxygen atoms in total. The molecule has 2 rings (SSSR count). The molecule has 2 amide bonds. The number of amides is 2. The molecular weight excluding hydrogens is 303 g/mol. The van der Waals surface area contributed by atoms with Gasteiger partial charge in [0.15, 0.2) is 0 Å². The average Bonchev–Trinajstić information content (AvgIpc) is 2.33. The smallest absolute Gasteiger partial charge is 0.319 e. The van der Waals surface area contributed by atoms with Crippen molar-refractivity contribution in [3.63, 3.8) is 0 Å². The number of hydrogen-bond donors (Lipinski definition) is 2. The molecule has 95 valence electrons. The Bertz CT molecular complexity index is 364.